The first-order chi connectivity index (χ1) is 15.2. The summed E-state index contributed by atoms with van der Waals surface area (Å²) in [6.45, 7) is 7.40. The quantitative estimate of drug-likeness (QED) is 0.495. The number of nitrogens with zero attached hydrogens (tertiary/aromatic N) is 4. The second kappa shape index (κ2) is 10.8. The third kappa shape index (κ3) is 6.29. The molecular formula is C24H34N6S. The SMILES string of the molecule is CC1CCN(c2cc(N3CCCC3)nc(NC(=S)NCCCc3ccccc3)n2)CC1. The van der Waals surface area contributed by atoms with Gasteiger partial charge in [-0.25, -0.2) is 0 Å². The van der Waals surface area contributed by atoms with Gasteiger partial charge in [0, 0.05) is 38.8 Å². The molecule has 0 bridgehead atoms. The molecule has 6 nitrogen and oxygen atoms in total. The molecule has 0 radical (unpaired) electrons. The predicted octanol–water partition coefficient (Wildman–Crippen LogP) is 4.23. The minimum Gasteiger partial charge on any atom is -0.362 e. The van der Waals surface area contributed by atoms with E-state index in [1.165, 1.54) is 31.2 Å². The Kier molecular flexibility index (Phi) is 7.57. The number of hydrogen-bond donors (Lipinski definition) is 2. The Morgan fingerprint density at radius 3 is 2.32 bits per heavy atom. The third-order valence-corrected chi connectivity index (χ3v) is 6.48. The maximum Gasteiger partial charge on any atom is 0.232 e. The molecule has 0 unspecified atom stereocenters. The van der Waals surface area contributed by atoms with Crippen LogP contribution in [0.25, 0.3) is 0 Å². The number of thiocarbonyl (C=S) groups is 1. The van der Waals surface area contributed by atoms with E-state index in [1.807, 2.05) is 0 Å². The van der Waals surface area contributed by atoms with Gasteiger partial charge in [0.1, 0.15) is 11.6 Å². The van der Waals surface area contributed by atoms with Gasteiger partial charge in [0.25, 0.3) is 0 Å². The van der Waals surface area contributed by atoms with Crippen molar-refractivity contribution in [2.75, 3.05) is 47.8 Å². The summed E-state index contributed by atoms with van der Waals surface area (Å²) in [5, 5.41) is 7.13. The van der Waals surface area contributed by atoms with E-state index in [2.05, 4.69) is 63.8 Å². The van der Waals surface area contributed by atoms with Crippen molar-refractivity contribution in [2.45, 2.75) is 45.4 Å². The van der Waals surface area contributed by atoms with E-state index < -0.39 is 0 Å². The molecule has 2 aliphatic rings. The van der Waals surface area contributed by atoms with E-state index in [1.54, 1.807) is 0 Å². The summed E-state index contributed by atoms with van der Waals surface area (Å²) in [6.07, 6.45) is 6.95. The van der Waals surface area contributed by atoms with Gasteiger partial charge < -0.3 is 20.4 Å². The van der Waals surface area contributed by atoms with Crippen LogP contribution in [0.3, 0.4) is 0 Å². The largest absolute Gasteiger partial charge is 0.362 e. The lowest BCUT2D eigenvalue weighted by atomic mass is 9.99. The number of nitrogens with one attached hydrogen (secondary N) is 2. The number of benzene rings is 1. The summed E-state index contributed by atoms with van der Waals surface area (Å²) in [4.78, 5) is 14.4. The molecule has 1 aromatic heterocycles. The van der Waals surface area contributed by atoms with Gasteiger partial charge in [-0.2, -0.15) is 9.97 Å². The van der Waals surface area contributed by atoms with Crippen LogP contribution < -0.4 is 20.4 Å². The minimum atomic E-state index is 0.588. The number of piperidine rings is 1. The molecule has 2 N–H and O–H groups in total. The first-order valence-corrected chi connectivity index (χ1v) is 12.1. The van der Waals surface area contributed by atoms with Gasteiger partial charge in [-0.15, -0.1) is 0 Å². The lowest BCUT2D eigenvalue weighted by Gasteiger charge is -2.32. The average molecular weight is 439 g/mol. The zero-order chi connectivity index (χ0) is 21.5. The highest BCUT2D eigenvalue weighted by Gasteiger charge is 2.21. The van der Waals surface area contributed by atoms with Gasteiger partial charge in [0.15, 0.2) is 5.11 Å². The molecule has 7 heteroatoms. The second-order valence-corrected chi connectivity index (χ2v) is 9.15. The number of hydrogen-bond acceptors (Lipinski definition) is 5. The van der Waals surface area contributed by atoms with Crippen molar-refractivity contribution in [3.05, 3.63) is 42.0 Å². The van der Waals surface area contributed by atoms with E-state index in [-0.39, 0.29) is 0 Å². The van der Waals surface area contributed by atoms with Crippen molar-refractivity contribution in [3.63, 3.8) is 0 Å². The zero-order valence-corrected chi connectivity index (χ0v) is 19.3. The van der Waals surface area contributed by atoms with Crippen LogP contribution >= 0.6 is 12.2 Å². The van der Waals surface area contributed by atoms with Crippen LogP contribution in [-0.4, -0.2) is 47.8 Å². The Hall–Kier alpha value is -2.41. The molecule has 0 atom stereocenters. The van der Waals surface area contributed by atoms with Gasteiger partial charge in [-0.05, 0) is 62.2 Å². The average Bonchev–Trinajstić information content (AvgIpc) is 3.33. The van der Waals surface area contributed by atoms with Crippen LogP contribution in [-0.2, 0) is 6.42 Å². The molecule has 2 saturated heterocycles. The third-order valence-electron chi connectivity index (χ3n) is 6.23. The number of rotatable bonds is 7. The molecule has 2 fully saturated rings. The lowest BCUT2D eigenvalue weighted by Crippen LogP contribution is -2.34. The summed E-state index contributed by atoms with van der Waals surface area (Å²) < 4.78 is 0. The molecular weight excluding hydrogens is 404 g/mol. The fourth-order valence-corrected chi connectivity index (χ4v) is 4.46. The monoisotopic (exact) mass is 438 g/mol. The predicted molar refractivity (Wildman–Crippen MR) is 133 cm³/mol. The van der Waals surface area contributed by atoms with Crippen LogP contribution in [0.5, 0.6) is 0 Å². The Labute approximate surface area is 191 Å². The first-order valence-electron chi connectivity index (χ1n) is 11.6. The molecule has 4 rings (SSSR count). The van der Waals surface area contributed by atoms with Crippen molar-refractivity contribution in [1.82, 2.24) is 15.3 Å². The summed E-state index contributed by atoms with van der Waals surface area (Å²) in [5.41, 5.74) is 1.35. The van der Waals surface area contributed by atoms with Crippen LogP contribution in [0.15, 0.2) is 36.4 Å². The molecule has 2 aliphatic heterocycles. The molecule has 0 amide bonds. The molecule has 1 aromatic carbocycles. The molecule has 2 aromatic rings. The van der Waals surface area contributed by atoms with Gasteiger partial charge in [-0.3, -0.25) is 0 Å². The Morgan fingerprint density at radius 2 is 1.65 bits per heavy atom. The highest BCUT2D eigenvalue weighted by Crippen LogP contribution is 2.27. The molecule has 0 saturated carbocycles. The van der Waals surface area contributed by atoms with Crippen molar-refractivity contribution in [1.29, 1.82) is 0 Å². The smallest absolute Gasteiger partial charge is 0.232 e. The van der Waals surface area contributed by atoms with Crippen molar-refractivity contribution >= 4 is 34.9 Å². The fraction of sp³-hybridized carbons (Fsp3) is 0.542. The molecule has 3 heterocycles. The van der Waals surface area contributed by atoms with Crippen LogP contribution in [0.2, 0.25) is 0 Å². The Balaban J connectivity index is 1.37. The van der Waals surface area contributed by atoms with Crippen molar-refractivity contribution in [2.24, 2.45) is 5.92 Å². The highest BCUT2D eigenvalue weighted by molar-refractivity contribution is 7.80. The molecule has 0 spiro atoms. The highest BCUT2D eigenvalue weighted by atomic mass is 32.1. The fourth-order valence-electron chi connectivity index (χ4n) is 4.27. The number of anilines is 3. The Morgan fingerprint density at radius 1 is 1.00 bits per heavy atom. The number of aromatic nitrogens is 2. The normalized spacial score (nSPS) is 17.1. The minimum absolute atomic E-state index is 0.588. The van der Waals surface area contributed by atoms with Crippen molar-refractivity contribution in [3.8, 4) is 0 Å². The van der Waals surface area contributed by atoms with Crippen LogP contribution in [0.1, 0.15) is 44.6 Å². The van der Waals surface area contributed by atoms with Crippen molar-refractivity contribution < 1.29 is 0 Å². The maximum absolute atomic E-state index is 5.53. The molecule has 31 heavy (non-hydrogen) atoms. The second-order valence-electron chi connectivity index (χ2n) is 8.74. The van der Waals surface area contributed by atoms with Crippen LogP contribution in [0, 0.1) is 5.92 Å². The van der Waals surface area contributed by atoms with E-state index in [0.717, 1.165) is 63.1 Å². The van der Waals surface area contributed by atoms with Gasteiger partial charge >= 0.3 is 0 Å². The van der Waals surface area contributed by atoms with Gasteiger partial charge in [0.2, 0.25) is 5.95 Å². The standard InChI is InChI=1S/C24H34N6S/c1-19-11-16-30(17-12-19)22-18-21(29-14-5-6-15-29)26-23(27-22)28-24(31)25-13-7-10-20-8-3-2-4-9-20/h2-4,8-9,18-19H,5-7,10-17H2,1H3,(H2,25,26,27,28,31). The Bertz CT molecular complexity index is 844. The zero-order valence-electron chi connectivity index (χ0n) is 18.5. The summed E-state index contributed by atoms with van der Waals surface area (Å²) >= 11 is 5.53. The molecule has 166 valence electrons. The lowest BCUT2D eigenvalue weighted by molar-refractivity contribution is 0.436. The van der Waals surface area contributed by atoms with Crippen LogP contribution in [0.4, 0.5) is 17.6 Å². The first kappa shape index (κ1) is 21.8. The van der Waals surface area contributed by atoms with E-state index in [4.69, 9.17) is 22.2 Å². The summed E-state index contributed by atoms with van der Waals surface area (Å²) in [6, 6.07) is 12.7. The van der Waals surface area contributed by atoms with E-state index >= 15 is 0 Å². The van der Waals surface area contributed by atoms with Gasteiger partial charge in [0.05, 0.1) is 0 Å². The topological polar surface area (TPSA) is 56.3 Å². The van der Waals surface area contributed by atoms with Gasteiger partial charge in [-0.1, -0.05) is 37.3 Å². The van der Waals surface area contributed by atoms with E-state index in [0.29, 0.717) is 11.1 Å². The molecule has 0 aliphatic carbocycles. The summed E-state index contributed by atoms with van der Waals surface area (Å²) in [5.74, 6) is 3.41. The summed E-state index contributed by atoms with van der Waals surface area (Å²) in [7, 11) is 0. The number of aryl methyl sites for hydroxylation is 1. The maximum atomic E-state index is 5.53. The van der Waals surface area contributed by atoms with E-state index in [9.17, 15) is 0 Å².